The summed E-state index contributed by atoms with van der Waals surface area (Å²) < 4.78 is 0. The van der Waals surface area contributed by atoms with Crippen LogP contribution in [0, 0.1) is 5.41 Å². The van der Waals surface area contributed by atoms with Crippen molar-refractivity contribution in [1.82, 2.24) is 16.0 Å². The van der Waals surface area contributed by atoms with Crippen molar-refractivity contribution in [3.8, 4) is 0 Å². The second-order valence-electron chi connectivity index (χ2n) is 5.11. The molecule has 1 fully saturated rings. The zero-order valence-electron chi connectivity index (χ0n) is 11.8. The van der Waals surface area contributed by atoms with Gasteiger partial charge in [-0.2, -0.15) is 0 Å². The van der Waals surface area contributed by atoms with Gasteiger partial charge in [-0.1, -0.05) is 12.8 Å². The summed E-state index contributed by atoms with van der Waals surface area (Å²) in [5, 5.41) is 17.0. The Balaban J connectivity index is 2.25. The number of hydrogen-bond acceptors (Lipinski definition) is 3. The highest BCUT2D eigenvalue weighted by Crippen LogP contribution is 2.37. The van der Waals surface area contributed by atoms with Crippen LogP contribution in [-0.2, 0) is 9.59 Å². The molecule has 1 rings (SSSR count). The predicted molar refractivity (Wildman–Crippen MR) is 73.2 cm³/mol. The quantitative estimate of drug-likeness (QED) is 0.545. The van der Waals surface area contributed by atoms with Gasteiger partial charge in [-0.15, -0.1) is 0 Å². The molecule has 3 amide bonds. The molecule has 0 heterocycles. The Hall–Kier alpha value is -1.79. The van der Waals surface area contributed by atoms with Gasteiger partial charge >= 0.3 is 12.0 Å². The molecule has 0 bridgehead atoms. The van der Waals surface area contributed by atoms with Gasteiger partial charge in [0.1, 0.15) is 0 Å². The minimum absolute atomic E-state index is 0.120. The SMILES string of the molecule is CCNC(=O)CCNC(=O)NCC1(C(=O)O)CCCC1. The zero-order valence-corrected chi connectivity index (χ0v) is 11.8. The van der Waals surface area contributed by atoms with Crippen molar-refractivity contribution in [2.24, 2.45) is 5.41 Å². The van der Waals surface area contributed by atoms with Crippen LogP contribution in [0.3, 0.4) is 0 Å². The Morgan fingerprint density at radius 3 is 2.30 bits per heavy atom. The highest BCUT2D eigenvalue weighted by atomic mass is 16.4. The molecule has 20 heavy (non-hydrogen) atoms. The van der Waals surface area contributed by atoms with Crippen LogP contribution < -0.4 is 16.0 Å². The van der Waals surface area contributed by atoms with Crippen LogP contribution in [0.4, 0.5) is 4.79 Å². The molecule has 0 saturated heterocycles. The van der Waals surface area contributed by atoms with Crippen LogP contribution in [0.1, 0.15) is 39.0 Å². The molecule has 1 aliphatic carbocycles. The molecule has 7 heteroatoms. The van der Waals surface area contributed by atoms with E-state index in [4.69, 9.17) is 0 Å². The number of rotatable bonds is 7. The maximum atomic E-state index is 11.6. The molecule has 0 unspecified atom stereocenters. The average Bonchev–Trinajstić information content (AvgIpc) is 2.87. The van der Waals surface area contributed by atoms with E-state index in [1.54, 1.807) is 0 Å². The number of amides is 3. The molecule has 0 atom stereocenters. The van der Waals surface area contributed by atoms with Crippen LogP contribution in [-0.4, -0.2) is 42.6 Å². The van der Waals surface area contributed by atoms with E-state index in [9.17, 15) is 19.5 Å². The lowest BCUT2D eigenvalue weighted by molar-refractivity contribution is -0.148. The molecular weight excluding hydrogens is 262 g/mol. The number of carbonyl (C=O) groups excluding carboxylic acids is 2. The first-order valence-electron chi connectivity index (χ1n) is 7.02. The summed E-state index contributed by atoms with van der Waals surface area (Å²) in [6, 6.07) is -0.429. The number of carboxylic acid groups (broad SMARTS) is 1. The summed E-state index contributed by atoms with van der Waals surface area (Å²) in [7, 11) is 0. The Kier molecular flexibility index (Phi) is 6.27. The number of carbonyl (C=O) groups is 3. The predicted octanol–water partition coefficient (Wildman–Crippen LogP) is 0.457. The molecule has 1 saturated carbocycles. The highest BCUT2D eigenvalue weighted by molar-refractivity contribution is 5.79. The monoisotopic (exact) mass is 285 g/mol. The summed E-state index contributed by atoms with van der Waals surface area (Å²) in [5.41, 5.74) is -0.822. The second kappa shape index (κ2) is 7.72. The van der Waals surface area contributed by atoms with Crippen molar-refractivity contribution in [3.05, 3.63) is 0 Å². The van der Waals surface area contributed by atoms with E-state index in [1.807, 2.05) is 6.92 Å². The first-order valence-corrected chi connectivity index (χ1v) is 7.02. The van der Waals surface area contributed by atoms with Gasteiger partial charge in [0, 0.05) is 26.1 Å². The van der Waals surface area contributed by atoms with Crippen LogP contribution >= 0.6 is 0 Å². The van der Waals surface area contributed by atoms with Crippen molar-refractivity contribution in [3.63, 3.8) is 0 Å². The van der Waals surface area contributed by atoms with E-state index in [0.29, 0.717) is 19.4 Å². The van der Waals surface area contributed by atoms with Crippen LogP contribution in [0.2, 0.25) is 0 Å². The largest absolute Gasteiger partial charge is 0.481 e. The number of hydrogen-bond donors (Lipinski definition) is 4. The lowest BCUT2D eigenvalue weighted by atomic mass is 9.86. The molecule has 0 aromatic heterocycles. The minimum atomic E-state index is -0.849. The Morgan fingerprint density at radius 1 is 1.10 bits per heavy atom. The third-order valence-corrected chi connectivity index (χ3v) is 3.61. The third-order valence-electron chi connectivity index (χ3n) is 3.61. The summed E-state index contributed by atoms with van der Waals surface area (Å²) in [6.07, 6.45) is 3.17. The smallest absolute Gasteiger partial charge is 0.314 e. The average molecular weight is 285 g/mol. The first-order chi connectivity index (χ1) is 9.50. The van der Waals surface area contributed by atoms with E-state index < -0.39 is 17.4 Å². The Morgan fingerprint density at radius 2 is 1.75 bits per heavy atom. The van der Waals surface area contributed by atoms with E-state index in [2.05, 4.69) is 16.0 Å². The lowest BCUT2D eigenvalue weighted by Crippen LogP contribution is -2.45. The van der Waals surface area contributed by atoms with Gasteiger partial charge in [0.05, 0.1) is 5.41 Å². The van der Waals surface area contributed by atoms with Crippen molar-refractivity contribution < 1.29 is 19.5 Å². The van der Waals surface area contributed by atoms with Gasteiger partial charge in [-0.05, 0) is 19.8 Å². The summed E-state index contributed by atoms with van der Waals surface area (Å²) in [4.78, 5) is 34.0. The first kappa shape index (κ1) is 16.3. The Labute approximate surface area is 118 Å². The van der Waals surface area contributed by atoms with E-state index >= 15 is 0 Å². The second-order valence-corrected chi connectivity index (χ2v) is 5.11. The Bertz CT molecular complexity index is 365. The van der Waals surface area contributed by atoms with Gasteiger partial charge < -0.3 is 21.1 Å². The van der Waals surface area contributed by atoms with Crippen LogP contribution in [0.25, 0.3) is 0 Å². The lowest BCUT2D eigenvalue weighted by Gasteiger charge is -2.23. The fraction of sp³-hybridized carbons (Fsp3) is 0.769. The van der Waals surface area contributed by atoms with E-state index in [1.165, 1.54) is 0 Å². The number of nitrogens with one attached hydrogen (secondary N) is 3. The van der Waals surface area contributed by atoms with Crippen LogP contribution in [0.15, 0.2) is 0 Å². The molecule has 0 aliphatic heterocycles. The normalized spacial score (nSPS) is 16.4. The van der Waals surface area contributed by atoms with E-state index in [0.717, 1.165) is 12.8 Å². The van der Waals surface area contributed by atoms with Crippen molar-refractivity contribution in [2.45, 2.75) is 39.0 Å². The number of aliphatic carboxylic acids is 1. The maximum Gasteiger partial charge on any atom is 0.314 e. The maximum absolute atomic E-state index is 11.6. The molecular formula is C13H23N3O4. The molecule has 1 aliphatic rings. The summed E-state index contributed by atoms with van der Waals surface area (Å²) >= 11 is 0. The molecule has 0 aromatic carbocycles. The zero-order chi connectivity index (χ0) is 15.0. The van der Waals surface area contributed by atoms with Gasteiger partial charge in [-0.3, -0.25) is 9.59 Å². The van der Waals surface area contributed by atoms with Gasteiger partial charge in [0.25, 0.3) is 0 Å². The van der Waals surface area contributed by atoms with Gasteiger partial charge in [-0.25, -0.2) is 4.79 Å². The molecule has 0 aromatic rings. The molecule has 7 nitrogen and oxygen atoms in total. The van der Waals surface area contributed by atoms with Gasteiger partial charge in [0.2, 0.25) is 5.91 Å². The van der Waals surface area contributed by atoms with Crippen LogP contribution in [0.5, 0.6) is 0 Å². The van der Waals surface area contributed by atoms with Crippen molar-refractivity contribution in [2.75, 3.05) is 19.6 Å². The van der Waals surface area contributed by atoms with Gasteiger partial charge in [0.15, 0.2) is 0 Å². The summed E-state index contributed by atoms with van der Waals surface area (Å²) in [6.45, 7) is 2.75. The summed E-state index contributed by atoms with van der Waals surface area (Å²) in [5.74, 6) is -0.969. The third kappa shape index (κ3) is 4.71. The molecule has 4 N–H and O–H groups in total. The fourth-order valence-electron chi connectivity index (χ4n) is 2.41. The number of carboxylic acids is 1. The van der Waals surface area contributed by atoms with Crippen molar-refractivity contribution in [1.29, 1.82) is 0 Å². The highest BCUT2D eigenvalue weighted by Gasteiger charge is 2.41. The van der Waals surface area contributed by atoms with E-state index in [-0.39, 0.29) is 25.4 Å². The molecule has 0 radical (unpaired) electrons. The van der Waals surface area contributed by atoms with Crippen molar-refractivity contribution >= 4 is 17.9 Å². The molecule has 0 spiro atoms. The standard InChI is InChI=1S/C13H23N3O4/c1-2-14-10(17)5-8-15-12(20)16-9-13(11(18)19)6-3-4-7-13/h2-9H2,1H3,(H,14,17)(H,18,19)(H2,15,16,20). The minimum Gasteiger partial charge on any atom is -0.481 e. The topological polar surface area (TPSA) is 108 Å². The molecule has 114 valence electrons. The fourth-order valence-corrected chi connectivity index (χ4v) is 2.41. The number of urea groups is 1.